The lowest BCUT2D eigenvalue weighted by atomic mass is 9.78. The summed E-state index contributed by atoms with van der Waals surface area (Å²) in [5.74, 6) is -1.24. The third-order valence-electron chi connectivity index (χ3n) is 7.19. The Kier molecular flexibility index (Phi) is 9.86. The number of nitrogens with zero attached hydrogens (tertiary/aromatic N) is 2. The zero-order valence-electron chi connectivity index (χ0n) is 23.3. The smallest absolute Gasteiger partial charge is 0.343 e. The summed E-state index contributed by atoms with van der Waals surface area (Å²) >= 11 is 0. The van der Waals surface area contributed by atoms with Crippen LogP contribution in [0.15, 0.2) is 99.2 Å². The Balaban J connectivity index is 1.78. The minimum Gasteiger partial charge on any atom is -0.507 e. The standard InChI is InChI=1S/C33H37N3O4/c1-4-5-20-36(3)22-27(23(2)34-35-29(37)21-24-14-8-6-9-15-24)30(25-16-10-7-11-17-25)31-32(38)26-18-12-13-19-28(26)40-33(31)39/h6-19,27,30,38H,4-5,20-22H2,1-3H3,(H,35,37)/b34-23+. The molecule has 0 saturated carbocycles. The van der Waals surface area contributed by atoms with E-state index >= 15 is 0 Å². The van der Waals surface area contributed by atoms with E-state index < -0.39 is 11.5 Å². The van der Waals surface area contributed by atoms with Crippen molar-refractivity contribution in [2.75, 3.05) is 20.1 Å². The van der Waals surface area contributed by atoms with Crippen molar-refractivity contribution in [1.29, 1.82) is 0 Å². The number of hydrogen-bond donors (Lipinski definition) is 2. The van der Waals surface area contributed by atoms with Gasteiger partial charge in [0.1, 0.15) is 11.3 Å². The van der Waals surface area contributed by atoms with Gasteiger partial charge in [0.25, 0.3) is 0 Å². The number of amides is 1. The van der Waals surface area contributed by atoms with Gasteiger partial charge >= 0.3 is 5.63 Å². The highest BCUT2D eigenvalue weighted by Crippen LogP contribution is 2.39. The molecule has 0 fully saturated rings. The van der Waals surface area contributed by atoms with Crippen LogP contribution in [0.2, 0.25) is 0 Å². The van der Waals surface area contributed by atoms with Gasteiger partial charge in [0, 0.05) is 24.1 Å². The van der Waals surface area contributed by atoms with Crippen molar-refractivity contribution >= 4 is 22.6 Å². The van der Waals surface area contributed by atoms with Crippen LogP contribution in [0.1, 0.15) is 49.3 Å². The lowest BCUT2D eigenvalue weighted by Gasteiger charge is -2.31. The minimum absolute atomic E-state index is 0.0946. The van der Waals surface area contributed by atoms with Crippen LogP contribution in [0.4, 0.5) is 0 Å². The van der Waals surface area contributed by atoms with Crippen LogP contribution in [-0.2, 0) is 11.2 Å². The summed E-state index contributed by atoms with van der Waals surface area (Å²) in [6.07, 6.45) is 2.28. The summed E-state index contributed by atoms with van der Waals surface area (Å²) in [6.45, 7) is 5.41. The largest absolute Gasteiger partial charge is 0.507 e. The summed E-state index contributed by atoms with van der Waals surface area (Å²) in [5, 5.41) is 16.5. The first kappa shape index (κ1) is 28.8. The van der Waals surface area contributed by atoms with Crippen molar-refractivity contribution in [2.24, 2.45) is 11.0 Å². The molecule has 0 aliphatic rings. The first-order valence-corrected chi connectivity index (χ1v) is 13.7. The van der Waals surface area contributed by atoms with E-state index in [-0.39, 0.29) is 29.6 Å². The molecule has 2 unspecified atom stereocenters. The molecular weight excluding hydrogens is 502 g/mol. The molecule has 1 heterocycles. The van der Waals surface area contributed by atoms with Crippen LogP contribution in [0.5, 0.6) is 5.75 Å². The summed E-state index contributed by atoms with van der Waals surface area (Å²) < 4.78 is 5.70. The SMILES string of the molecule is CCCCN(C)CC(/C(C)=N/NC(=O)Cc1ccccc1)C(c1ccccc1)c1c(O)c2ccccc2oc1=O. The Morgan fingerprint density at radius 1 is 1.00 bits per heavy atom. The molecule has 2 atom stereocenters. The maximum Gasteiger partial charge on any atom is 0.343 e. The van der Waals surface area contributed by atoms with Gasteiger partial charge in [0.15, 0.2) is 0 Å². The number of fused-ring (bicyclic) bond motifs is 1. The number of hydrogen-bond acceptors (Lipinski definition) is 6. The number of aromatic hydroxyl groups is 1. The molecule has 0 saturated heterocycles. The van der Waals surface area contributed by atoms with Crippen molar-refractivity contribution in [2.45, 2.75) is 39.0 Å². The fraction of sp³-hybridized carbons (Fsp3) is 0.303. The lowest BCUT2D eigenvalue weighted by Crippen LogP contribution is -2.37. The molecule has 3 aromatic carbocycles. The Bertz CT molecular complexity index is 1500. The third kappa shape index (κ3) is 7.04. The van der Waals surface area contributed by atoms with E-state index in [1.807, 2.05) is 74.6 Å². The minimum atomic E-state index is -0.591. The molecule has 2 N–H and O–H groups in total. The number of carbonyl (C=O) groups is 1. The highest BCUT2D eigenvalue weighted by Gasteiger charge is 2.34. The molecule has 0 bridgehead atoms. The van der Waals surface area contributed by atoms with E-state index in [0.717, 1.165) is 30.5 Å². The first-order valence-electron chi connectivity index (χ1n) is 13.7. The molecule has 7 nitrogen and oxygen atoms in total. The fourth-order valence-electron chi connectivity index (χ4n) is 5.07. The van der Waals surface area contributed by atoms with Crippen LogP contribution >= 0.6 is 0 Å². The number of hydrazone groups is 1. The van der Waals surface area contributed by atoms with Crippen LogP contribution in [-0.4, -0.2) is 41.8 Å². The van der Waals surface area contributed by atoms with Gasteiger partial charge in [-0.15, -0.1) is 0 Å². The molecule has 208 valence electrons. The van der Waals surface area contributed by atoms with E-state index in [1.165, 1.54) is 0 Å². The molecule has 7 heteroatoms. The first-order chi connectivity index (χ1) is 19.4. The summed E-state index contributed by atoms with van der Waals surface area (Å²) in [4.78, 5) is 28.4. The predicted octanol–water partition coefficient (Wildman–Crippen LogP) is 5.71. The summed E-state index contributed by atoms with van der Waals surface area (Å²) in [6, 6.07) is 26.1. The van der Waals surface area contributed by atoms with E-state index in [4.69, 9.17) is 4.42 Å². The van der Waals surface area contributed by atoms with Crippen LogP contribution < -0.4 is 11.1 Å². The van der Waals surface area contributed by atoms with Gasteiger partial charge in [-0.05, 0) is 50.2 Å². The topological polar surface area (TPSA) is 95.1 Å². The zero-order valence-corrected chi connectivity index (χ0v) is 23.3. The molecule has 0 radical (unpaired) electrons. The molecule has 1 amide bonds. The average Bonchev–Trinajstić information content (AvgIpc) is 2.97. The Morgan fingerprint density at radius 2 is 1.65 bits per heavy atom. The van der Waals surface area contributed by atoms with E-state index in [9.17, 15) is 14.7 Å². The average molecular weight is 540 g/mol. The van der Waals surface area contributed by atoms with Gasteiger partial charge in [-0.3, -0.25) is 4.79 Å². The van der Waals surface area contributed by atoms with E-state index in [0.29, 0.717) is 23.2 Å². The number of carbonyl (C=O) groups excluding carboxylic acids is 1. The van der Waals surface area contributed by atoms with Crippen molar-refractivity contribution < 1.29 is 14.3 Å². The van der Waals surface area contributed by atoms with Gasteiger partial charge < -0.3 is 14.4 Å². The number of rotatable bonds is 12. The van der Waals surface area contributed by atoms with Crippen LogP contribution in [0.25, 0.3) is 11.0 Å². The highest BCUT2D eigenvalue weighted by molar-refractivity contribution is 5.89. The van der Waals surface area contributed by atoms with Crippen LogP contribution in [0.3, 0.4) is 0 Å². The molecule has 0 aliphatic carbocycles. The second-order valence-electron chi connectivity index (χ2n) is 10.2. The van der Waals surface area contributed by atoms with Crippen molar-refractivity contribution in [1.82, 2.24) is 10.3 Å². The number of benzene rings is 3. The summed E-state index contributed by atoms with van der Waals surface area (Å²) in [7, 11) is 2.04. The second kappa shape index (κ2) is 13.7. The third-order valence-corrected chi connectivity index (χ3v) is 7.19. The van der Waals surface area contributed by atoms with Gasteiger partial charge in [-0.1, -0.05) is 86.1 Å². The molecule has 4 aromatic rings. The Hall–Kier alpha value is -4.23. The molecule has 40 heavy (non-hydrogen) atoms. The Morgan fingerprint density at radius 3 is 2.35 bits per heavy atom. The van der Waals surface area contributed by atoms with Gasteiger partial charge in [-0.2, -0.15) is 5.10 Å². The number of para-hydroxylation sites is 1. The summed E-state index contributed by atoms with van der Waals surface area (Å²) in [5.41, 5.74) is 5.02. The van der Waals surface area contributed by atoms with Crippen molar-refractivity contribution in [3.8, 4) is 5.75 Å². The predicted molar refractivity (Wildman–Crippen MR) is 160 cm³/mol. The Labute approximate surface area is 235 Å². The van der Waals surface area contributed by atoms with Crippen molar-refractivity contribution in [3.63, 3.8) is 0 Å². The molecule has 4 rings (SSSR count). The normalized spacial score (nSPS) is 13.3. The van der Waals surface area contributed by atoms with E-state index in [1.54, 1.807) is 24.3 Å². The number of nitrogens with one attached hydrogen (secondary N) is 1. The van der Waals surface area contributed by atoms with Gasteiger partial charge in [-0.25, -0.2) is 10.2 Å². The number of unbranched alkanes of at least 4 members (excludes halogenated alkanes) is 1. The monoisotopic (exact) mass is 539 g/mol. The molecule has 0 aliphatic heterocycles. The zero-order chi connectivity index (χ0) is 28.5. The molecule has 0 spiro atoms. The highest BCUT2D eigenvalue weighted by atomic mass is 16.4. The molecule has 1 aromatic heterocycles. The van der Waals surface area contributed by atoms with Gasteiger partial charge in [0.2, 0.25) is 5.91 Å². The van der Waals surface area contributed by atoms with Crippen LogP contribution in [0, 0.1) is 5.92 Å². The quantitative estimate of drug-likeness (QED) is 0.137. The maximum absolute atomic E-state index is 13.5. The second-order valence-corrected chi connectivity index (χ2v) is 10.2. The molecular formula is C33H37N3O4. The van der Waals surface area contributed by atoms with Gasteiger partial charge in [0.05, 0.1) is 17.4 Å². The maximum atomic E-state index is 13.5. The lowest BCUT2D eigenvalue weighted by molar-refractivity contribution is -0.120. The fourth-order valence-corrected chi connectivity index (χ4v) is 5.07. The van der Waals surface area contributed by atoms with E-state index in [2.05, 4.69) is 22.4 Å². The van der Waals surface area contributed by atoms with Crippen molar-refractivity contribution in [3.05, 3.63) is 112 Å².